The van der Waals surface area contributed by atoms with E-state index >= 15 is 0 Å². The first-order valence-corrected chi connectivity index (χ1v) is 6.84. The fourth-order valence-corrected chi connectivity index (χ4v) is 2.41. The molecule has 1 aliphatic heterocycles. The van der Waals surface area contributed by atoms with Gasteiger partial charge in [0.2, 0.25) is 5.16 Å². The Balaban J connectivity index is 1.69. The van der Waals surface area contributed by atoms with Crippen molar-refractivity contribution in [1.29, 1.82) is 0 Å². The van der Waals surface area contributed by atoms with Crippen molar-refractivity contribution >= 4 is 17.5 Å². The van der Waals surface area contributed by atoms with Crippen LogP contribution in [0.25, 0.3) is 11.4 Å². The van der Waals surface area contributed by atoms with Gasteiger partial charge in [-0.15, -0.1) is 10.2 Å². The standard InChI is InChI=1S/C12H12N6S/c1-8-3-2-4-9(5-8)11-14-12(17-16-11)19-7-10-6-13-18-15-10/h2-5H,6-7H2,1H3,(H,14,16,17). The number of nitrogens with one attached hydrogen (secondary N) is 1. The molecule has 0 bridgehead atoms. The van der Waals surface area contributed by atoms with Gasteiger partial charge in [0.1, 0.15) is 6.54 Å². The van der Waals surface area contributed by atoms with Crippen molar-refractivity contribution in [2.45, 2.75) is 12.1 Å². The Morgan fingerprint density at radius 3 is 3.11 bits per heavy atom. The molecule has 0 saturated carbocycles. The van der Waals surface area contributed by atoms with Crippen LogP contribution in [-0.4, -0.2) is 33.2 Å². The van der Waals surface area contributed by atoms with Gasteiger partial charge >= 0.3 is 0 Å². The molecule has 7 heteroatoms. The van der Waals surface area contributed by atoms with Gasteiger partial charge in [-0.3, -0.25) is 5.10 Å². The van der Waals surface area contributed by atoms with Crippen LogP contribution in [0.15, 0.2) is 44.9 Å². The molecule has 1 aromatic heterocycles. The van der Waals surface area contributed by atoms with Crippen LogP contribution >= 0.6 is 11.8 Å². The zero-order valence-corrected chi connectivity index (χ0v) is 11.2. The normalized spacial score (nSPS) is 13.8. The van der Waals surface area contributed by atoms with Gasteiger partial charge < -0.3 is 0 Å². The van der Waals surface area contributed by atoms with E-state index in [0.29, 0.717) is 11.7 Å². The van der Waals surface area contributed by atoms with Gasteiger partial charge in [0, 0.05) is 11.3 Å². The number of aromatic nitrogens is 3. The highest BCUT2D eigenvalue weighted by Gasteiger charge is 2.09. The number of rotatable bonds is 4. The molecular weight excluding hydrogens is 260 g/mol. The van der Waals surface area contributed by atoms with Gasteiger partial charge in [0.05, 0.1) is 5.71 Å². The number of hydrogen-bond donors (Lipinski definition) is 1. The average Bonchev–Trinajstić information content (AvgIpc) is 3.08. The van der Waals surface area contributed by atoms with E-state index in [4.69, 9.17) is 0 Å². The molecule has 2 aromatic rings. The number of aromatic amines is 1. The van der Waals surface area contributed by atoms with E-state index in [-0.39, 0.29) is 0 Å². The minimum atomic E-state index is 0.585. The molecule has 2 heterocycles. The number of thioether (sulfide) groups is 1. The lowest BCUT2D eigenvalue weighted by Gasteiger charge is -1.97. The number of nitrogens with zero attached hydrogens (tertiary/aromatic N) is 5. The fourth-order valence-electron chi connectivity index (χ4n) is 1.69. The maximum atomic E-state index is 4.46. The Kier molecular flexibility index (Phi) is 3.37. The van der Waals surface area contributed by atoms with Gasteiger partial charge in [-0.25, -0.2) is 4.98 Å². The van der Waals surface area contributed by atoms with Gasteiger partial charge in [-0.1, -0.05) is 35.5 Å². The smallest absolute Gasteiger partial charge is 0.209 e. The summed E-state index contributed by atoms with van der Waals surface area (Å²) in [5, 5.41) is 19.2. The molecule has 6 nitrogen and oxygen atoms in total. The Labute approximate surface area is 114 Å². The molecule has 0 fully saturated rings. The van der Waals surface area contributed by atoms with E-state index in [9.17, 15) is 0 Å². The molecule has 3 rings (SSSR count). The second-order valence-corrected chi connectivity index (χ2v) is 5.12. The SMILES string of the molecule is Cc1cccc(-c2nc(SCC3=NN=NC3)n[nH]2)c1. The summed E-state index contributed by atoms with van der Waals surface area (Å²) >= 11 is 1.53. The quantitative estimate of drug-likeness (QED) is 0.869. The largest absolute Gasteiger partial charge is 0.258 e. The summed E-state index contributed by atoms with van der Waals surface area (Å²) < 4.78 is 0. The first kappa shape index (κ1) is 12.0. The highest BCUT2D eigenvalue weighted by Crippen LogP contribution is 2.20. The summed E-state index contributed by atoms with van der Waals surface area (Å²) in [5.41, 5.74) is 3.20. The first-order valence-electron chi connectivity index (χ1n) is 5.86. The zero-order chi connectivity index (χ0) is 13.1. The van der Waals surface area contributed by atoms with Crippen LogP contribution in [0, 0.1) is 6.92 Å². The molecule has 0 spiro atoms. The summed E-state index contributed by atoms with van der Waals surface area (Å²) in [4.78, 5) is 4.46. The predicted molar refractivity (Wildman–Crippen MR) is 74.4 cm³/mol. The number of hydrogen-bond acceptors (Lipinski definition) is 6. The summed E-state index contributed by atoms with van der Waals surface area (Å²) in [6.45, 7) is 2.64. The molecule has 0 radical (unpaired) electrons. The minimum absolute atomic E-state index is 0.585. The molecule has 1 aliphatic rings. The van der Waals surface area contributed by atoms with Gasteiger partial charge in [-0.05, 0) is 18.2 Å². The molecule has 0 amide bonds. The Morgan fingerprint density at radius 2 is 2.32 bits per heavy atom. The zero-order valence-electron chi connectivity index (χ0n) is 10.4. The van der Waals surface area contributed by atoms with Crippen molar-refractivity contribution in [1.82, 2.24) is 15.2 Å². The van der Waals surface area contributed by atoms with E-state index in [1.165, 1.54) is 17.3 Å². The highest BCUT2D eigenvalue weighted by atomic mass is 32.2. The van der Waals surface area contributed by atoms with E-state index < -0.39 is 0 Å². The van der Waals surface area contributed by atoms with Gasteiger partial charge in [0.15, 0.2) is 5.82 Å². The van der Waals surface area contributed by atoms with E-state index in [2.05, 4.69) is 49.7 Å². The molecular formula is C12H12N6S. The number of aryl methyl sites for hydroxylation is 1. The van der Waals surface area contributed by atoms with Crippen LogP contribution in [0.3, 0.4) is 0 Å². The van der Waals surface area contributed by atoms with E-state index in [1.54, 1.807) is 0 Å². The van der Waals surface area contributed by atoms with Crippen LogP contribution in [0.2, 0.25) is 0 Å². The summed E-state index contributed by atoms with van der Waals surface area (Å²) in [6, 6.07) is 8.16. The monoisotopic (exact) mass is 272 g/mol. The molecule has 19 heavy (non-hydrogen) atoms. The lowest BCUT2D eigenvalue weighted by atomic mass is 10.1. The third-order valence-corrected chi connectivity index (χ3v) is 3.55. The van der Waals surface area contributed by atoms with Gasteiger partial charge in [0.25, 0.3) is 0 Å². The minimum Gasteiger partial charge on any atom is -0.258 e. The summed E-state index contributed by atoms with van der Waals surface area (Å²) in [7, 11) is 0. The lowest BCUT2D eigenvalue weighted by Crippen LogP contribution is -2.02. The van der Waals surface area contributed by atoms with Crippen molar-refractivity contribution in [3.63, 3.8) is 0 Å². The fraction of sp³-hybridized carbons (Fsp3) is 0.250. The topological polar surface area (TPSA) is 78.7 Å². The van der Waals surface area contributed by atoms with E-state index in [1.807, 2.05) is 12.1 Å². The Bertz CT molecular complexity index is 645. The third kappa shape index (κ3) is 2.87. The average molecular weight is 272 g/mol. The molecule has 96 valence electrons. The van der Waals surface area contributed by atoms with Crippen molar-refractivity contribution < 1.29 is 0 Å². The van der Waals surface area contributed by atoms with Crippen LogP contribution in [0.5, 0.6) is 0 Å². The Morgan fingerprint density at radius 1 is 1.37 bits per heavy atom. The third-order valence-electron chi connectivity index (χ3n) is 2.63. The van der Waals surface area contributed by atoms with E-state index in [0.717, 1.165) is 22.9 Å². The molecule has 0 unspecified atom stereocenters. The predicted octanol–water partition coefficient (Wildman–Crippen LogP) is 2.69. The lowest BCUT2D eigenvalue weighted by molar-refractivity contribution is 0.975. The van der Waals surface area contributed by atoms with Crippen LogP contribution in [0.4, 0.5) is 0 Å². The molecule has 1 N–H and O–H groups in total. The number of benzene rings is 1. The maximum absolute atomic E-state index is 4.46. The summed E-state index contributed by atoms with van der Waals surface area (Å²) in [6.07, 6.45) is 0. The molecule has 0 saturated heterocycles. The summed E-state index contributed by atoms with van der Waals surface area (Å²) in [5.74, 6) is 1.51. The molecule has 0 atom stereocenters. The van der Waals surface area contributed by atoms with Crippen molar-refractivity contribution in [2.75, 3.05) is 12.3 Å². The van der Waals surface area contributed by atoms with Gasteiger partial charge in [-0.2, -0.15) is 5.11 Å². The van der Waals surface area contributed by atoms with Crippen LogP contribution in [-0.2, 0) is 0 Å². The van der Waals surface area contributed by atoms with Crippen molar-refractivity contribution in [2.24, 2.45) is 15.4 Å². The molecule has 1 aromatic carbocycles. The second-order valence-electron chi connectivity index (χ2n) is 4.18. The Hall–Kier alpha value is -2.02. The number of H-pyrrole nitrogens is 1. The molecule has 0 aliphatic carbocycles. The first-order chi connectivity index (χ1) is 9.31. The van der Waals surface area contributed by atoms with Crippen molar-refractivity contribution in [3.05, 3.63) is 29.8 Å². The van der Waals surface area contributed by atoms with Crippen molar-refractivity contribution in [3.8, 4) is 11.4 Å². The second kappa shape index (κ2) is 5.31. The van der Waals surface area contributed by atoms with Crippen LogP contribution < -0.4 is 0 Å². The highest BCUT2D eigenvalue weighted by molar-refractivity contribution is 7.99. The maximum Gasteiger partial charge on any atom is 0.209 e. The van der Waals surface area contributed by atoms with Crippen LogP contribution in [0.1, 0.15) is 5.56 Å².